The smallest absolute Gasteiger partial charge is 0.306 e. The van der Waals surface area contributed by atoms with Crippen LogP contribution in [-0.4, -0.2) is 13.0 Å². The molecule has 0 amide bonds. The Balaban J connectivity index is 2.00. The molecule has 0 heterocycles. The van der Waals surface area contributed by atoms with Crippen molar-refractivity contribution in [2.24, 2.45) is 10.2 Å². The molecule has 2 rings (SSSR count). The van der Waals surface area contributed by atoms with Gasteiger partial charge in [0.05, 0.1) is 17.1 Å². The van der Waals surface area contributed by atoms with Gasteiger partial charge in [-0.2, -0.15) is 18.6 Å². The molecular formula is C12H12N4O3S. The number of hydrazine groups is 1. The summed E-state index contributed by atoms with van der Waals surface area (Å²) in [5.74, 6) is 0. The van der Waals surface area contributed by atoms with Crippen LogP contribution in [-0.2, 0) is 10.3 Å². The second-order valence-electron chi connectivity index (χ2n) is 3.78. The molecule has 0 aromatic heterocycles. The van der Waals surface area contributed by atoms with E-state index in [1.165, 1.54) is 0 Å². The molecule has 2 aromatic carbocycles. The van der Waals surface area contributed by atoms with Gasteiger partial charge in [0, 0.05) is 0 Å². The number of nitrogens with zero attached hydrogens (tertiary/aromatic N) is 2. The van der Waals surface area contributed by atoms with E-state index < -0.39 is 10.3 Å². The Labute approximate surface area is 116 Å². The predicted octanol–water partition coefficient (Wildman–Crippen LogP) is 2.82. The van der Waals surface area contributed by atoms with Crippen LogP contribution >= 0.6 is 0 Å². The average molecular weight is 292 g/mol. The maximum atomic E-state index is 10.5. The third kappa shape index (κ3) is 4.76. The van der Waals surface area contributed by atoms with Crippen molar-refractivity contribution in [3.63, 3.8) is 0 Å². The Bertz CT molecular complexity index is 684. The summed E-state index contributed by atoms with van der Waals surface area (Å²) in [6.07, 6.45) is 0. The number of azo groups is 1. The van der Waals surface area contributed by atoms with Crippen LogP contribution in [0.15, 0.2) is 64.8 Å². The third-order valence-corrected chi connectivity index (χ3v) is 2.59. The zero-order chi connectivity index (χ0) is 14.4. The minimum Gasteiger partial charge on any atom is -0.306 e. The largest absolute Gasteiger partial charge is 0.350 e. The highest BCUT2D eigenvalue weighted by Crippen LogP contribution is 2.19. The van der Waals surface area contributed by atoms with Crippen LogP contribution in [0.25, 0.3) is 0 Å². The second kappa shape index (κ2) is 6.24. The molecule has 0 spiro atoms. The van der Waals surface area contributed by atoms with Crippen LogP contribution in [0.4, 0.5) is 17.1 Å². The Morgan fingerprint density at radius 1 is 0.850 bits per heavy atom. The molecule has 0 radical (unpaired) electrons. The van der Waals surface area contributed by atoms with Crippen molar-refractivity contribution in [1.29, 1.82) is 0 Å². The Kier molecular flexibility index (Phi) is 4.41. The van der Waals surface area contributed by atoms with Crippen molar-refractivity contribution < 1.29 is 13.0 Å². The van der Waals surface area contributed by atoms with Crippen LogP contribution in [0.1, 0.15) is 0 Å². The summed E-state index contributed by atoms with van der Waals surface area (Å²) < 4.78 is 29.5. The topological polar surface area (TPSA) is 103 Å². The van der Waals surface area contributed by atoms with Crippen LogP contribution in [0.2, 0.25) is 0 Å². The van der Waals surface area contributed by atoms with E-state index in [0.29, 0.717) is 11.4 Å². The minimum atomic E-state index is -4.28. The molecule has 0 atom stereocenters. The fraction of sp³-hybridized carbons (Fsp3) is 0. The molecule has 0 aliphatic rings. The molecule has 0 saturated carbocycles. The van der Waals surface area contributed by atoms with Crippen LogP contribution in [0, 0.1) is 0 Å². The van der Waals surface area contributed by atoms with Crippen molar-refractivity contribution in [2.75, 3.05) is 5.43 Å². The van der Waals surface area contributed by atoms with Crippen LogP contribution in [0.5, 0.6) is 0 Å². The van der Waals surface area contributed by atoms with E-state index in [9.17, 15) is 8.42 Å². The lowest BCUT2D eigenvalue weighted by Crippen LogP contribution is -2.28. The summed E-state index contributed by atoms with van der Waals surface area (Å²) in [5.41, 5.74) is 4.14. The second-order valence-corrected chi connectivity index (χ2v) is 4.94. The highest BCUT2D eigenvalue weighted by molar-refractivity contribution is 7.83. The van der Waals surface area contributed by atoms with Crippen molar-refractivity contribution >= 4 is 27.4 Å². The predicted molar refractivity (Wildman–Crippen MR) is 75.4 cm³/mol. The van der Waals surface area contributed by atoms with Crippen molar-refractivity contribution in [1.82, 2.24) is 4.83 Å². The van der Waals surface area contributed by atoms with Gasteiger partial charge in [0.2, 0.25) is 0 Å². The number of benzene rings is 2. The number of hydrogen-bond acceptors (Lipinski definition) is 5. The fourth-order valence-corrected chi connectivity index (χ4v) is 1.59. The van der Waals surface area contributed by atoms with E-state index in [4.69, 9.17) is 4.55 Å². The molecule has 3 N–H and O–H groups in total. The lowest BCUT2D eigenvalue weighted by Gasteiger charge is -2.04. The zero-order valence-electron chi connectivity index (χ0n) is 10.3. The normalized spacial score (nSPS) is 11.7. The molecule has 0 bridgehead atoms. The van der Waals surface area contributed by atoms with Gasteiger partial charge >= 0.3 is 10.3 Å². The summed E-state index contributed by atoms with van der Waals surface area (Å²) in [5, 5.41) is 8.08. The first-order chi connectivity index (χ1) is 9.53. The highest BCUT2D eigenvalue weighted by atomic mass is 32.2. The Morgan fingerprint density at radius 2 is 1.40 bits per heavy atom. The summed E-state index contributed by atoms with van der Waals surface area (Å²) in [4.78, 5) is 1.74. The molecule has 8 heteroatoms. The number of anilines is 1. The van der Waals surface area contributed by atoms with E-state index >= 15 is 0 Å². The quantitative estimate of drug-likeness (QED) is 0.448. The fourth-order valence-electron chi connectivity index (χ4n) is 1.34. The van der Waals surface area contributed by atoms with Gasteiger partial charge < -0.3 is 5.43 Å². The van der Waals surface area contributed by atoms with Gasteiger partial charge in [-0.3, -0.25) is 4.55 Å². The highest BCUT2D eigenvalue weighted by Gasteiger charge is 2.01. The summed E-state index contributed by atoms with van der Waals surface area (Å²) in [7, 11) is -4.28. The third-order valence-electron chi connectivity index (χ3n) is 2.23. The van der Waals surface area contributed by atoms with Gasteiger partial charge in [-0.05, 0) is 36.4 Å². The van der Waals surface area contributed by atoms with Crippen molar-refractivity contribution in [2.45, 2.75) is 0 Å². The summed E-state index contributed by atoms with van der Waals surface area (Å²) >= 11 is 0. The number of hydrogen-bond donors (Lipinski definition) is 3. The lowest BCUT2D eigenvalue weighted by molar-refractivity contribution is 0.473. The molecule has 0 fully saturated rings. The van der Waals surface area contributed by atoms with Gasteiger partial charge in [0.15, 0.2) is 0 Å². The summed E-state index contributed by atoms with van der Waals surface area (Å²) in [6, 6.07) is 15.8. The monoisotopic (exact) mass is 292 g/mol. The molecule has 0 aliphatic carbocycles. The lowest BCUT2D eigenvalue weighted by atomic mass is 10.3. The first-order valence-electron chi connectivity index (χ1n) is 5.60. The standard InChI is InChI=1S/C12H12N4O3S/c17-20(18,19)16-15-12-8-6-11(7-9-12)14-13-10-4-2-1-3-5-10/h1-9,15-16H,(H,17,18,19). The van der Waals surface area contributed by atoms with Crippen molar-refractivity contribution in [3.8, 4) is 0 Å². The van der Waals surface area contributed by atoms with E-state index in [1.54, 1.807) is 29.1 Å². The molecule has 0 unspecified atom stereocenters. The van der Waals surface area contributed by atoms with E-state index in [0.717, 1.165) is 5.69 Å². The maximum absolute atomic E-state index is 10.5. The molecule has 0 aliphatic heterocycles. The van der Waals surface area contributed by atoms with Gasteiger partial charge in [0.25, 0.3) is 0 Å². The Morgan fingerprint density at radius 3 is 1.95 bits per heavy atom. The average Bonchev–Trinajstić information content (AvgIpc) is 2.44. The first kappa shape index (κ1) is 14.1. The minimum absolute atomic E-state index is 0.460. The van der Waals surface area contributed by atoms with Crippen LogP contribution in [0.3, 0.4) is 0 Å². The van der Waals surface area contributed by atoms with Crippen LogP contribution < -0.4 is 10.3 Å². The SMILES string of the molecule is O=S(=O)(O)NNc1ccc(N=Nc2ccccc2)cc1. The molecule has 20 heavy (non-hydrogen) atoms. The van der Waals surface area contributed by atoms with Gasteiger partial charge in [-0.1, -0.05) is 18.2 Å². The molecular weight excluding hydrogens is 280 g/mol. The zero-order valence-corrected chi connectivity index (χ0v) is 11.1. The van der Waals surface area contributed by atoms with Gasteiger partial charge in [-0.25, -0.2) is 0 Å². The Hall–Kier alpha value is -2.29. The van der Waals surface area contributed by atoms with E-state index in [2.05, 4.69) is 15.7 Å². The van der Waals surface area contributed by atoms with Gasteiger partial charge in [-0.15, -0.1) is 4.83 Å². The molecule has 7 nitrogen and oxygen atoms in total. The molecule has 104 valence electrons. The van der Waals surface area contributed by atoms with Crippen molar-refractivity contribution in [3.05, 3.63) is 54.6 Å². The van der Waals surface area contributed by atoms with Gasteiger partial charge in [0.1, 0.15) is 0 Å². The van der Waals surface area contributed by atoms with E-state index in [1.807, 2.05) is 30.3 Å². The maximum Gasteiger partial charge on any atom is 0.350 e. The summed E-state index contributed by atoms with van der Waals surface area (Å²) in [6.45, 7) is 0. The number of rotatable bonds is 5. The number of nitrogens with one attached hydrogen (secondary N) is 2. The van der Waals surface area contributed by atoms with E-state index in [-0.39, 0.29) is 0 Å². The first-order valence-corrected chi connectivity index (χ1v) is 7.04. The molecule has 0 saturated heterocycles. The molecule has 2 aromatic rings.